The lowest BCUT2D eigenvalue weighted by atomic mass is 9.84. The smallest absolute Gasteiger partial charge is 0.342 e. The van der Waals surface area contributed by atoms with Gasteiger partial charge in [0.2, 0.25) is 63.8 Å². The number of halogens is 23. The molecular formula is C83H75Cl3F20N4O17S4. The summed E-state index contributed by atoms with van der Waals surface area (Å²) in [6, 6.07) is 29.8. The maximum absolute atomic E-state index is 13.6. The predicted molar refractivity (Wildman–Crippen MR) is 428 cm³/mol. The lowest BCUT2D eigenvalue weighted by molar-refractivity contribution is -0.159. The number of carbonyl (C=O) groups is 5. The molecular weight excluding hydrogens is 1940 g/mol. The van der Waals surface area contributed by atoms with Crippen LogP contribution >= 0.6 is 33.9 Å². The summed E-state index contributed by atoms with van der Waals surface area (Å²) in [5.74, 6) is -49.5. The molecule has 0 radical (unpaired) electrons. The van der Waals surface area contributed by atoms with Crippen molar-refractivity contribution in [3.8, 4) is 5.75 Å². The van der Waals surface area contributed by atoms with Crippen LogP contribution in [0.4, 0.5) is 93.5 Å². The Labute approximate surface area is 750 Å². The van der Waals surface area contributed by atoms with Gasteiger partial charge in [-0.3, -0.25) is 19.2 Å². The molecule has 3 aliphatic heterocycles. The maximum Gasteiger partial charge on any atom is 0.342 e. The van der Waals surface area contributed by atoms with Crippen molar-refractivity contribution < 1.29 is 165 Å². The number of hydrogen-bond donors (Lipinski definition) is 2. The van der Waals surface area contributed by atoms with Gasteiger partial charge in [0.15, 0.2) is 113 Å². The van der Waals surface area contributed by atoms with E-state index in [2.05, 4.69) is 40.3 Å². The molecule has 2 aliphatic carbocycles. The van der Waals surface area contributed by atoms with Gasteiger partial charge in [-0.2, -0.15) is 12.9 Å². The van der Waals surface area contributed by atoms with E-state index in [1.165, 1.54) is 56.1 Å². The van der Waals surface area contributed by atoms with E-state index in [0.29, 0.717) is 39.0 Å². The zero-order chi connectivity index (χ0) is 97.6. The van der Waals surface area contributed by atoms with Gasteiger partial charge in [0.05, 0.1) is 18.0 Å². The minimum atomic E-state index is -5.20. The van der Waals surface area contributed by atoms with Crippen LogP contribution in [0.2, 0.25) is 0 Å². The third-order valence-corrected chi connectivity index (χ3v) is 27.9. The Hall–Kier alpha value is -9.74. The van der Waals surface area contributed by atoms with Crippen molar-refractivity contribution in [2.75, 3.05) is 25.0 Å². The largest absolute Gasteiger partial charge is 0.488 e. The van der Waals surface area contributed by atoms with Gasteiger partial charge in [0, 0.05) is 48.6 Å². The molecule has 48 heteroatoms. The van der Waals surface area contributed by atoms with Crippen molar-refractivity contribution in [3.05, 3.63) is 247 Å². The van der Waals surface area contributed by atoms with Gasteiger partial charge < -0.3 is 24.6 Å². The molecule has 131 heavy (non-hydrogen) atoms. The Morgan fingerprint density at radius 3 is 1.09 bits per heavy atom. The number of carbonyl (C=O) groups excluding carboxylic acids is 4. The highest BCUT2D eigenvalue weighted by Gasteiger charge is 2.48. The summed E-state index contributed by atoms with van der Waals surface area (Å²) in [6.07, 6.45) is 11.3. The van der Waals surface area contributed by atoms with E-state index in [1.54, 1.807) is 6.07 Å². The number of carboxylic acids is 1. The molecule has 0 amide bonds. The van der Waals surface area contributed by atoms with E-state index in [4.69, 9.17) is 42.5 Å². The molecule has 0 bridgehead atoms. The van der Waals surface area contributed by atoms with E-state index in [9.17, 15) is 145 Å². The molecule has 0 aromatic heterocycles. The lowest BCUT2D eigenvalue weighted by Gasteiger charge is -2.22. The number of nitrogens with zero attached hydrogens (tertiary/aromatic N) is 3. The summed E-state index contributed by atoms with van der Waals surface area (Å²) in [5, 5.41) is 10.2. The normalized spacial score (nSPS) is 17.0. The first-order chi connectivity index (χ1) is 61.2. The highest BCUT2D eigenvalue weighted by molar-refractivity contribution is 8.13. The molecule has 714 valence electrons. The molecule has 21 nitrogen and oxygen atoms in total. The quantitative estimate of drug-likeness (QED) is 0.0222. The molecule has 5 fully saturated rings. The summed E-state index contributed by atoms with van der Waals surface area (Å²) >= 11 is 10.4. The van der Waals surface area contributed by atoms with Crippen LogP contribution in [0.25, 0.3) is 0 Å². The standard InChI is InChI=1S/C34H35NO3.2C11H7ClF5NO3S.C11H8F5NO4S.C10H18O2.C6ClF5O2S/c36-34(38-25-28-12-6-2-7-13-28)32-21-20-31(22-33(32)37-24-27-10-4-1-5-11-27)35-23-26-16-18-30(19-17-26)29-14-8-3-9-15-29;2*12-11(19)4-2-1-3-18(4)22(20,21)10-8(16)6(14)5(13)7(15)9(10)17;12-5-6(13)8(15)10(9(16)7(5)14)22(20,21)17-3-1-2-4(17)11(18)19;1-10(2,3)12-9(11)8-6-4-5-7-8;7-15(13,14)6-4(11)2(9)1(8)3(10)5(6)12/h1-2,4-7,10-13,16-22,29,35H,3,8-9,14-15,23-25H2;2*4H,1-3H2;4H,1-3H2,(H,18,19);8H,4-7H2,1-3H3;/t;3*4-;;/m.111../s1. The lowest BCUT2D eigenvalue weighted by Crippen LogP contribution is -2.41. The van der Waals surface area contributed by atoms with Gasteiger partial charge in [0.1, 0.15) is 36.2 Å². The van der Waals surface area contributed by atoms with E-state index < -0.39 is 222 Å². The number of rotatable bonds is 21. The van der Waals surface area contributed by atoms with Crippen LogP contribution in [-0.4, -0.2) is 123 Å². The molecule has 2 saturated carbocycles. The van der Waals surface area contributed by atoms with E-state index in [1.807, 2.05) is 93.6 Å². The first-order valence-electron chi connectivity index (χ1n) is 39.0. The molecule has 2 N–H and O–H groups in total. The predicted octanol–water partition coefficient (Wildman–Crippen LogP) is 19.3. The molecule has 3 heterocycles. The highest BCUT2D eigenvalue weighted by Crippen LogP contribution is 2.40. The Bertz CT molecular complexity index is 5640. The highest BCUT2D eigenvalue weighted by atomic mass is 35.7. The van der Waals surface area contributed by atoms with Gasteiger partial charge in [-0.1, -0.05) is 117 Å². The van der Waals surface area contributed by atoms with Gasteiger partial charge in [-0.05, 0) is 148 Å². The number of benzene rings is 8. The molecule has 0 unspecified atom stereocenters. The number of nitrogens with one attached hydrogen (secondary N) is 1. The molecule has 0 spiro atoms. The van der Waals surface area contributed by atoms with Crippen molar-refractivity contribution >= 4 is 107 Å². The third-order valence-electron chi connectivity index (χ3n) is 20.3. The summed E-state index contributed by atoms with van der Waals surface area (Å²) in [5.41, 5.74) is 5.65. The van der Waals surface area contributed by atoms with Crippen LogP contribution in [0.1, 0.15) is 156 Å². The Morgan fingerprint density at radius 1 is 0.405 bits per heavy atom. The maximum atomic E-state index is 13.6. The van der Waals surface area contributed by atoms with Crippen molar-refractivity contribution in [1.82, 2.24) is 12.9 Å². The topological polar surface area (TPSA) is 292 Å². The van der Waals surface area contributed by atoms with Gasteiger partial charge >= 0.3 is 17.9 Å². The Kier molecular flexibility index (Phi) is 36.9. The number of anilines is 1. The minimum absolute atomic E-state index is 0.000000000000000666. The Balaban J connectivity index is 0.000000202. The molecule has 3 atom stereocenters. The number of ether oxygens (including phenoxy) is 3. The zero-order valence-corrected chi connectivity index (χ0v) is 73.7. The summed E-state index contributed by atoms with van der Waals surface area (Å²) in [4.78, 5) is 49.6. The van der Waals surface area contributed by atoms with Crippen LogP contribution in [-0.2, 0) is 87.5 Å². The second-order valence-electron chi connectivity index (χ2n) is 30.3. The zero-order valence-electron chi connectivity index (χ0n) is 68.2. The second-order valence-corrected chi connectivity index (χ2v) is 39.0. The molecule has 8 aromatic carbocycles. The second kappa shape index (κ2) is 45.3. The first kappa shape index (κ1) is 107. The monoisotopic (exact) mass is 2010 g/mol. The molecule has 5 aliphatic rings. The van der Waals surface area contributed by atoms with Crippen LogP contribution in [0.15, 0.2) is 123 Å². The van der Waals surface area contributed by atoms with Crippen molar-refractivity contribution in [2.24, 2.45) is 5.92 Å². The van der Waals surface area contributed by atoms with Gasteiger partial charge in [-0.15, -0.1) is 0 Å². The number of aliphatic carboxylic acids is 1. The molecule has 13 rings (SSSR count). The summed E-state index contributed by atoms with van der Waals surface area (Å²) in [6.45, 7) is 5.97. The third kappa shape index (κ3) is 25.6. The fraction of sp³-hybridized carbons (Fsp3) is 0.361. The number of hydrogen-bond acceptors (Lipinski definition) is 17. The average molecular weight is 2020 g/mol. The van der Waals surface area contributed by atoms with Crippen LogP contribution in [0.5, 0.6) is 5.75 Å². The van der Waals surface area contributed by atoms with Gasteiger partial charge in [0.25, 0.3) is 9.05 Å². The average Bonchev–Trinajstić information content (AvgIpc) is 1.63. The number of carboxylic acid groups (broad SMARTS) is 1. The number of sulfonamides is 3. The summed E-state index contributed by atoms with van der Waals surface area (Å²) < 4.78 is 374. The van der Waals surface area contributed by atoms with Crippen molar-refractivity contribution in [1.29, 1.82) is 0 Å². The fourth-order valence-electron chi connectivity index (χ4n) is 13.9. The fourth-order valence-corrected chi connectivity index (χ4v) is 20.8. The van der Waals surface area contributed by atoms with E-state index in [-0.39, 0.29) is 80.0 Å². The molecule has 3 saturated heterocycles. The van der Waals surface area contributed by atoms with Crippen molar-refractivity contribution in [2.45, 2.75) is 186 Å². The van der Waals surface area contributed by atoms with Gasteiger partial charge in [-0.25, -0.2) is 126 Å². The number of esters is 2. The SMILES string of the molecule is CC(C)(C)OC(=O)C1CCCC1.O=C(Cl)[C@H]1CCCN1S(=O)(=O)c1c(F)c(F)c(F)c(F)c1F.O=C(Cl)[C@H]1CCCN1S(=O)(=O)c1c(F)c(F)c(F)c(F)c1F.O=C(O)[C@H]1CCCN1S(=O)(=O)c1c(F)c(F)c(F)c(F)c1F.O=C(OCc1ccccc1)c1ccc(NCc2ccc(C3CCCCC3)cc2)cc1OCc1ccccc1.O=S(=O)(Cl)c1c(F)c(F)c(F)c(F)c1F. The van der Waals surface area contributed by atoms with E-state index >= 15 is 0 Å². The molecule has 8 aromatic rings. The van der Waals surface area contributed by atoms with Crippen LogP contribution in [0, 0.1) is 122 Å². The van der Waals surface area contributed by atoms with Crippen LogP contribution < -0.4 is 10.1 Å². The van der Waals surface area contributed by atoms with Crippen LogP contribution in [0.3, 0.4) is 0 Å². The Morgan fingerprint density at radius 2 is 0.740 bits per heavy atom. The minimum Gasteiger partial charge on any atom is -0.488 e. The van der Waals surface area contributed by atoms with Crippen molar-refractivity contribution in [3.63, 3.8) is 0 Å². The summed E-state index contributed by atoms with van der Waals surface area (Å²) in [7, 11) is -16.0. The first-order valence-corrected chi connectivity index (χ1v) is 46.4. The van der Waals surface area contributed by atoms with E-state index in [0.717, 1.165) is 29.7 Å².